The number of ether oxygens (including phenoxy) is 3. The van der Waals surface area contributed by atoms with Gasteiger partial charge >= 0.3 is 0 Å². The summed E-state index contributed by atoms with van der Waals surface area (Å²) in [6.45, 7) is 2.91. The van der Waals surface area contributed by atoms with Gasteiger partial charge in [-0.1, -0.05) is 6.07 Å². The zero-order valence-electron chi connectivity index (χ0n) is 15.1. The monoisotopic (exact) mass is 369 g/mol. The van der Waals surface area contributed by atoms with Crippen LogP contribution < -0.4 is 20.3 Å². The zero-order valence-corrected chi connectivity index (χ0v) is 15.1. The zero-order chi connectivity index (χ0) is 18.2. The van der Waals surface area contributed by atoms with E-state index in [1.807, 2.05) is 18.2 Å². The number of nitrogens with one attached hydrogen (secondary N) is 1. The second-order valence-corrected chi connectivity index (χ2v) is 7.32. The molecule has 1 aromatic heterocycles. The van der Waals surface area contributed by atoms with E-state index < -0.39 is 0 Å². The molecule has 2 unspecified atom stereocenters. The molecule has 0 amide bonds. The van der Waals surface area contributed by atoms with Crippen LogP contribution in [-0.4, -0.2) is 42.2 Å². The SMILES string of the molecule is O=c1cc2c(nn1C1COCC1NCc1ccc3c(c1)OCCO3)CCC2. The van der Waals surface area contributed by atoms with Crippen LogP contribution in [0.4, 0.5) is 0 Å². The first-order chi connectivity index (χ1) is 13.3. The van der Waals surface area contributed by atoms with Crippen molar-refractivity contribution in [2.75, 3.05) is 26.4 Å². The van der Waals surface area contributed by atoms with Gasteiger partial charge in [0.2, 0.25) is 0 Å². The lowest BCUT2D eigenvalue weighted by Crippen LogP contribution is -2.41. The highest BCUT2D eigenvalue weighted by atomic mass is 16.6. The van der Waals surface area contributed by atoms with Crippen LogP contribution in [0.2, 0.25) is 0 Å². The summed E-state index contributed by atoms with van der Waals surface area (Å²) in [6.07, 6.45) is 3.00. The van der Waals surface area contributed by atoms with Gasteiger partial charge in [-0.2, -0.15) is 5.10 Å². The van der Waals surface area contributed by atoms with Gasteiger partial charge in [0.05, 0.1) is 31.0 Å². The Bertz CT molecular complexity index is 911. The van der Waals surface area contributed by atoms with E-state index >= 15 is 0 Å². The average Bonchev–Trinajstić information content (AvgIpc) is 3.34. The maximum absolute atomic E-state index is 12.5. The van der Waals surface area contributed by atoms with Crippen molar-refractivity contribution >= 4 is 0 Å². The minimum atomic E-state index is -0.0828. The summed E-state index contributed by atoms with van der Waals surface area (Å²) in [4.78, 5) is 12.5. The second-order valence-electron chi connectivity index (χ2n) is 7.32. The van der Waals surface area contributed by atoms with Gasteiger partial charge in [0.15, 0.2) is 11.5 Å². The molecular weight excluding hydrogens is 346 g/mol. The molecule has 7 heteroatoms. The summed E-state index contributed by atoms with van der Waals surface area (Å²) in [5, 5.41) is 8.17. The van der Waals surface area contributed by atoms with Crippen LogP contribution in [0, 0.1) is 0 Å². The van der Waals surface area contributed by atoms with Gasteiger partial charge in [0, 0.05) is 12.6 Å². The first-order valence-corrected chi connectivity index (χ1v) is 9.59. The largest absolute Gasteiger partial charge is 0.486 e. The molecule has 1 fully saturated rings. The molecule has 5 rings (SSSR count). The van der Waals surface area contributed by atoms with Crippen molar-refractivity contribution in [3.05, 3.63) is 51.4 Å². The van der Waals surface area contributed by atoms with Gasteiger partial charge in [-0.25, -0.2) is 4.68 Å². The Hall–Kier alpha value is -2.38. The highest BCUT2D eigenvalue weighted by molar-refractivity contribution is 5.43. The molecule has 2 aliphatic heterocycles. The van der Waals surface area contributed by atoms with E-state index in [9.17, 15) is 4.79 Å². The molecule has 0 radical (unpaired) electrons. The van der Waals surface area contributed by atoms with Crippen molar-refractivity contribution in [3.63, 3.8) is 0 Å². The van der Waals surface area contributed by atoms with Crippen LogP contribution in [0.1, 0.15) is 29.3 Å². The highest BCUT2D eigenvalue weighted by Gasteiger charge is 2.32. The molecule has 0 spiro atoms. The van der Waals surface area contributed by atoms with Crippen LogP contribution in [0.5, 0.6) is 11.5 Å². The first kappa shape index (κ1) is 16.8. The Morgan fingerprint density at radius 1 is 1.11 bits per heavy atom. The second kappa shape index (κ2) is 6.98. The highest BCUT2D eigenvalue weighted by Crippen LogP contribution is 2.31. The maximum Gasteiger partial charge on any atom is 0.267 e. The topological polar surface area (TPSA) is 74.6 Å². The van der Waals surface area contributed by atoms with E-state index in [2.05, 4.69) is 10.4 Å². The third-order valence-corrected chi connectivity index (χ3v) is 5.52. The number of hydrogen-bond donors (Lipinski definition) is 1. The van der Waals surface area contributed by atoms with E-state index in [1.165, 1.54) is 0 Å². The molecule has 3 heterocycles. The predicted molar refractivity (Wildman–Crippen MR) is 98.4 cm³/mol. The van der Waals surface area contributed by atoms with Crippen LogP contribution in [-0.2, 0) is 24.1 Å². The number of fused-ring (bicyclic) bond motifs is 2. The Morgan fingerprint density at radius 2 is 2.00 bits per heavy atom. The van der Waals surface area contributed by atoms with Crippen LogP contribution in [0.15, 0.2) is 29.1 Å². The van der Waals surface area contributed by atoms with Gasteiger partial charge in [-0.15, -0.1) is 0 Å². The lowest BCUT2D eigenvalue weighted by molar-refractivity contribution is 0.171. The van der Waals surface area contributed by atoms with Gasteiger partial charge in [0.25, 0.3) is 5.56 Å². The average molecular weight is 369 g/mol. The molecule has 1 aliphatic carbocycles. The molecule has 0 saturated carbocycles. The molecule has 1 saturated heterocycles. The number of nitrogens with zero attached hydrogens (tertiary/aromatic N) is 2. The fourth-order valence-corrected chi connectivity index (χ4v) is 4.08. The number of benzene rings is 1. The summed E-state index contributed by atoms with van der Waals surface area (Å²) >= 11 is 0. The number of rotatable bonds is 4. The number of hydrogen-bond acceptors (Lipinski definition) is 6. The molecule has 0 bridgehead atoms. The molecular formula is C20H23N3O4. The summed E-state index contributed by atoms with van der Waals surface area (Å²) in [7, 11) is 0. The Balaban J connectivity index is 1.31. The third kappa shape index (κ3) is 3.21. The molecule has 3 aliphatic rings. The molecule has 2 atom stereocenters. The minimum absolute atomic E-state index is 0.0303. The van der Waals surface area contributed by atoms with Gasteiger partial charge < -0.3 is 19.5 Å². The predicted octanol–water partition coefficient (Wildman–Crippen LogP) is 1.23. The molecule has 1 aromatic carbocycles. The molecule has 7 nitrogen and oxygen atoms in total. The standard InChI is InChI=1S/C20H23N3O4/c24-20-9-14-2-1-3-15(14)22-23(20)17-12-25-11-16(17)21-10-13-4-5-18-19(8-13)27-7-6-26-18/h4-5,8-9,16-17,21H,1-3,6-7,10-12H2. The third-order valence-electron chi connectivity index (χ3n) is 5.52. The minimum Gasteiger partial charge on any atom is -0.486 e. The molecule has 2 aromatic rings. The van der Waals surface area contributed by atoms with Gasteiger partial charge in [-0.3, -0.25) is 4.79 Å². The fraction of sp³-hybridized carbons (Fsp3) is 0.500. The smallest absolute Gasteiger partial charge is 0.267 e. The molecule has 27 heavy (non-hydrogen) atoms. The van der Waals surface area contributed by atoms with Crippen molar-refractivity contribution in [3.8, 4) is 11.5 Å². The van der Waals surface area contributed by atoms with Crippen molar-refractivity contribution in [2.45, 2.75) is 37.9 Å². The van der Waals surface area contributed by atoms with Gasteiger partial charge in [0.1, 0.15) is 13.2 Å². The van der Waals surface area contributed by atoms with E-state index in [4.69, 9.17) is 14.2 Å². The normalized spacial score (nSPS) is 23.4. The van der Waals surface area contributed by atoms with Crippen molar-refractivity contribution in [1.29, 1.82) is 0 Å². The molecule has 1 N–H and O–H groups in total. The van der Waals surface area contributed by atoms with Crippen LogP contribution >= 0.6 is 0 Å². The van der Waals surface area contributed by atoms with E-state index in [0.717, 1.165) is 47.6 Å². The molecule has 142 valence electrons. The quantitative estimate of drug-likeness (QED) is 0.874. The number of aryl methyl sites for hydroxylation is 2. The summed E-state index contributed by atoms with van der Waals surface area (Å²) in [5.41, 5.74) is 3.25. The maximum atomic E-state index is 12.5. The number of aromatic nitrogens is 2. The summed E-state index contributed by atoms with van der Waals surface area (Å²) in [5.74, 6) is 1.58. The lowest BCUT2D eigenvalue weighted by atomic mass is 10.1. The van der Waals surface area contributed by atoms with Crippen molar-refractivity contribution < 1.29 is 14.2 Å². The van der Waals surface area contributed by atoms with E-state index in [1.54, 1.807) is 10.7 Å². The van der Waals surface area contributed by atoms with Gasteiger partial charge in [-0.05, 0) is 42.5 Å². The first-order valence-electron chi connectivity index (χ1n) is 9.59. The Labute approximate surface area is 157 Å². The summed E-state index contributed by atoms with van der Waals surface area (Å²) < 4.78 is 18.5. The van der Waals surface area contributed by atoms with Crippen molar-refractivity contribution in [2.24, 2.45) is 0 Å². The van der Waals surface area contributed by atoms with Crippen LogP contribution in [0.3, 0.4) is 0 Å². The van der Waals surface area contributed by atoms with Crippen LogP contribution in [0.25, 0.3) is 0 Å². The summed E-state index contributed by atoms with van der Waals surface area (Å²) in [6, 6.07) is 7.70. The fourth-order valence-electron chi connectivity index (χ4n) is 4.08. The lowest BCUT2D eigenvalue weighted by Gasteiger charge is -2.22. The Morgan fingerprint density at radius 3 is 2.93 bits per heavy atom. The van der Waals surface area contributed by atoms with E-state index in [-0.39, 0.29) is 17.6 Å². The Kier molecular flexibility index (Phi) is 4.33. The van der Waals surface area contributed by atoms with Crippen molar-refractivity contribution in [1.82, 2.24) is 15.1 Å². The van der Waals surface area contributed by atoms with E-state index in [0.29, 0.717) is 33.0 Å².